The van der Waals surface area contributed by atoms with Crippen molar-refractivity contribution < 1.29 is 34.2 Å². The molecule has 40 heavy (non-hydrogen) atoms. The SMILES string of the molecule is CCC(C)C(N)C(=O)NC(CC(=O)O)C(=O)NC(Cc1c[nH]c2ccccc12)C(=O)NC(CCCCN)C(=O)O. The fourth-order valence-electron chi connectivity index (χ4n) is 4.19. The topological polar surface area (TPSA) is 230 Å². The number of nitrogens with one attached hydrogen (secondary N) is 4. The van der Waals surface area contributed by atoms with E-state index in [2.05, 4.69) is 20.9 Å². The maximum atomic E-state index is 13.3. The molecular formula is C27H40N6O7. The third-order valence-corrected chi connectivity index (χ3v) is 6.86. The summed E-state index contributed by atoms with van der Waals surface area (Å²) in [4.78, 5) is 65.6. The highest BCUT2D eigenvalue weighted by Crippen LogP contribution is 2.19. The average molecular weight is 561 g/mol. The van der Waals surface area contributed by atoms with E-state index in [-0.39, 0.29) is 18.8 Å². The Hall–Kier alpha value is -3.97. The van der Waals surface area contributed by atoms with Crippen LogP contribution in [0.25, 0.3) is 10.9 Å². The van der Waals surface area contributed by atoms with Crippen LogP contribution in [0.3, 0.4) is 0 Å². The average Bonchev–Trinajstić information content (AvgIpc) is 3.33. The van der Waals surface area contributed by atoms with E-state index in [1.165, 1.54) is 0 Å². The summed E-state index contributed by atoms with van der Waals surface area (Å²) in [5, 5.41) is 27.2. The van der Waals surface area contributed by atoms with Gasteiger partial charge in [0.1, 0.15) is 18.1 Å². The molecule has 0 aliphatic heterocycles. The van der Waals surface area contributed by atoms with Gasteiger partial charge in [0.05, 0.1) is 12.5 Å². The molecule has 220 valence electrons. The molecule has 3 amide bonds. The largest absolute Gasteiger partial charge is 0.481 e. The van der Waals surface area contributed by atoms with Crippen molar-refractivity contribution in [3.63, 3.8) is 0 Å². The number of para-hydroxylation sites is 1. The number of H-pyrrole nitrogens is 1. The van der Waals surface area contributed by atoms with Gasteiger partial charge in [0.2, 0.25) is 17.7 Å². The Morgan fingerprint density at radius 3 is 2.17 bits per heavy atom. The van der Waals surface area contributed by atoms with Crippen molar-refractivity contribution in [3.8, 4) is 0 Å². The van der Waals surface area contributed by atoms with Crippen LogP contribution in [-0.2, 0) is 30.4 Å². The molecule has 2 aromatic rings. The summed E-state index contributed by atoms with van der Waals surface area (Å²) < 4.78 is 0. The highest BCUT2D eigenvalue weighted by atomic mass is 16.4. The molecule has 10 N–H and O–H groups in total. The Morgan fingerprint density at radius 1 is 0.925 bits per heavy atom. The second-order valence-corrected chi connectivity index (χ2v) is 9.88. The van der Waals surface area contributed by atoms with E-state index in [4.69, 9.17) is 11.5 Å². The van der Waals surface area contributed by atoms with Gasteiger partial charge in [-0.05, 0) is 43.4 Å². The smallest absolute Gasteiger partial charge is 0.326 e. The van der Waals surface area contributed by atoms with Crippen molar-refractivity contribution in [2.24, 2.45) is 17.4 Å². The molecule has 0 saturated carbocycles. The first kappa shape index (κ1) is 32.2. The van der Waals surface area contributed by atoms with E-state index in [0.717, 1.165) is 10.9 Å². The normalized spacial score (nSPS) is 14.9. The molecular weight excluding hydrogens is 520 g/mol. The van der Waals surface area contributed by atoms with Crippen LogP contribution in [-0.4, -0.2) is 75.6 Å². The quantitative estimate of drug-likeness (QED) is 0.124. The zero-order valence-corrected chi connectivity index (χ0v) is 22.8. The molecule has 5 unspecified atom stereocenters. The first-order valence-corrected chi connectivity index (χ1v) is 13.3. The summed E-state index contributed by atoms with van der Waals surface area (Å²) in [6.07, 6.45) is 2.67. The number of aromatic nitrogens is 1. The van der Waals surface area contributed by atoms with Crippen LogP contribution < -0.4 is 27.4 Å². The second-order valence-electron chi connectivity index (χ2n) is 9.88. The molecule has 5 atom stereocenters. The summed E-state index contributed by atoms with van der Waals surface area (Å²) in [5.41, 5.74) is 12.9. The monoisotopic (exact) mass is 560 g/mol. The number of fused-ring (bicyclic) bond motifs is 1. The van der Waals surface area contributed by atoms with Gasteiger partial charge >= 0.3 is 11.9 Å². The second kappa shape index (κ2) is 15.6. The van der Waals surface area contributed by atoms with Gasteiger partial charge in [0.25, 0.3) is 0 Å². The van der Waals surface area contributed by atoms with E-state index in [1.807, 2.05) is 31.2 Å². The van der Waals surface area contributed by atoms with Gasteiger partial charge in [-0.2, -0.15) is 0 Å². The van der Waals surface area contributed by atoms with Gasteiger partial charge in [0, 0.05) is 23.5 Å². The van der Waals surface area contributed by atoms with Crippen molar-refractivity contribution in [3.05, 3.63) is 36.0 Å². The number of aliphatic carboxylic acids is 2. The van der Waals surface area contributed by atoms with Crippen molar-refractivity contribution >= 4 is 40.6 Å². The molecule has 13 heteroatoms. The van der Waals surface area contributed by atoms with Crippen molar-refractivity contribution in [2.45, 2.75) is 76.5 Å². The third-order valence-electron chi connectivity index (χ3n) is 6.86. The number of carbonyl (C=O) groups is 5. The first-order valence-electron chi connectivity index (χ1n) is 13.3. The minimum atomic E-state index is -1.52. The first-order chi connectivity index (χ1) is 19.0. The molecule has 0 bridgehead atoms. The van der Waals surface area contributed by atoms with E-state index >= 15 is 0 Å². The van der Waals surface area contributed by atoms with Crippen LogP contribution in [0.1, 0.15) is 51.5 Å². The zero-order valence-electron chi connectivity index (χ0n) is 22.8. The molecule has 2 rings (SSSR count). The van der Waals surface area contributed by atoms with Gasteiger partial charge in [-0.1, -0.05) is 38.5 Å². The predicted molar refractivity (Wildman–Crippen MR) is 148 cm³/mol. The Labute approximate surface area is 232 Å². The maximum absolute atomic E-state index is 13.3. The number of rotatable bonds is 17. The minimum absolute atomic E-state index is 0.0309. The van der Waals surface area contributed by atoms with Crippen molar-refractivity contribution in [1.82, 2.24) is 20.9 Å². The molecule has 1 aromatic carbocycles. The van der Waals surface area contributed by atoms with E-state index < -0.39 is 60.2 Å². The summed E-state index contributed by atoms with van der Waals surface area (Å²) in [6.45, 7) is 3.97. The lowest BCUT2D eigenvalue weighted by atomic mass is 9.98. The Morgan fingerprint density at radius 2 is 1.55 bits per heavy atom. The molecule has 13 nitrogen and oxygen atoms in total. The standard InChI is InChI=1S/C27H40N6O7/c1-3-15(2)23(29)26(38)33-21(13-22(34)35)25(37)32-20(12-16-14-30-18-9-5-4-8-17(16)18)24(36)31-19(27(39)40)10-6-7-11-28/h4-5,8-9,14-15,19-21,23,30H,3,6-7,10-13,28-29H2,1-2H3,(H,31,36)(H,32,37)(H,33,38)(H,34,35)(H,39,40). The van der Waals surface area contributed by atoms with Crippen LogP contribution in [0, 0.1) is 5.92 Å². The van der Waals surface area contributed by atoms with Gasteiger partial charge in [-0.15, -0.1) is 0 Å². The number of hydrogen-bond acceptors (Lipinski definition) is 7. The number of benzene rings is 1. The fraction of sp³-hybridized carbons (Fsp3) is 0.519. The summed E-state index contributed by atoms with van der Waals surface area (Å²) >= 11 is 0. The number of carbonyl (C=O) groups excluding carboxylic acids is 3. The maximum Gasteiger partial charge on any atom is 0.326 e. The van der Waals surface area contributed by atoms with Gasteiger partial charge in [0.15, 0.2) is 0 Å². The molecule has 0 aliphatic carbocycles. The molecule has 0 saturated heterocycles. The van der Waals surface area contributed by atoms with Crippen molar-refractivity contribution in [1.29, 1.82) is 0 Å². The summed E-state index contributed by atoms with van der Waals surface area (Å²) in [6, 6.07) is 2.32. The minimum Gasteiger partial charge on any atom is -0.481 e. The Balaban J connectivity index is 2.32. The van der Waals surface area contributed by atoms with Crippen molar-refractivity contribution in [2.75, 3.05) is 6.54 Å². The van der Waals surface area contributed by atoms with Gasteiger partial charge < -0.3 is 42.6 Å². The molecule has 0 aliphatic rings. The van der Waals surface area contributed by atoms with Crippen LogP contribution in [0.5, 0.6) is 0 Å². The van der Waals surface area contributed by atoms with Gasteiger partial charge in [-0.3, -0.25) is 19.2 Å². The molecule has 0 fully saturated rings. The lowest BCUT2D eigenvalue weighted by molar-refractivity contribution is -0.143. The van der Waals surface area contributed by atoms with Crippen LogP contribution in [0.4, 0.5) is 0 Å². The zero-order chi connectivity index (χ0) is 29.8. The molecule has 0 spiro atoms. The molecule has 0 radical (unpaired) electrons. The number of hydrogen-bond donors (Lipinski definition) is 8. The predicted octanol–water partition coefficient (Wildman–Crippen LogP) is 0.227. The lowest BCUT2D eigenvalue weighted by Crippen LogP contribution is -2.58. The lowest BCUT2D eigenvalue weighted by Gasteiger charge is -2.25. The van der Waals surface area contributed by atoms with Gasteiger partial charge in [-0.25, -0.2) is 4.79 Å². The Kier molecular flexibility index (Phi) is 12.6. The number of carboxylic acids is 2. The molecule has 1 heterocycles. The van der Waals surface area contributed by atoms with E-state index in [9.17, 15) is 34.2 Å². The summed E-state index contributed by atoms with van der Waals surface area (Å²) in [7, 11) is 0. The van der Waals surface area contributed by atoms with E-state index in [1.54, 1.807) is 13.1 Å². The number of nitrogens with two attached hydrogens (primary N) is 2. The fourth-order valence-corrected chi connectivity index (χ4v) is 4.19. The number of aromatic amines is 1. The number of carboxylic acid groups (broad SMARTS) is 2. The van der Waals surface area contributed by atoms with E-state index in [0.29, 0.717) is 31.4 Å². The highest BCUT2D eigenvalue weighted by Gasteiger charge is 2.32. The summed E-state index contributed by atoms with van der Waals surface area (Å²) in [5.74, 6) is -5.18. The highest BCUT2D eigenvalue weighted by molar-refractivity contribution is 5.96. The third kappa shape index (κ3) is 9.35. The van der Waals surface area contributed by atoms with Crippen LogP contribution in [0.2, 0.25) is 0 Å². The Bertz CT molecular complexity index is 1180. The molecule has 1 aromatic heterocycles. The number of unbranched alkanes of at least 4 members (excludes halogenated alkanes) is 1. The van der Waals surface area contributed by atoms with Crippen LogP contribution in [0.15, 0.2) is 30.5 Å². The van der Waals surface area contributed by atoms with Crippen LogP contribution >= 0.6 is 0 Å². The number of amides is 3.